The Labute approximate surface area is 126 Å². The standard InChI is InChI=1S/C14H22N2O2S2/c1-12-4-3-5-13(14(12)20(17,18)19)6-7-16-10-8-15(2)9-11-16/h3-5H,6-11H2,1-2H3,(H,17,18,19). The number of hydrogen-bond donors (Lipinski definition) is 1. The van der Waals surface area contributed by atoms with E-state index in [1.54, 1.807) is 0 Å². The summed E-state index contributed by atoms with van der Waals surface area (Å²) in [5.74, 6) is 0. The minimum absolute atomic E-state index is 0.448. The van der Waals surface area contributed by atoms with Gasteiger partial charge < -0.3 is 14.4 Å². The van der Waals surface area contributed by atoms with Crippen molar-refractivity contribution in [3.8, 4) is 0 Å². The van der Waals surface area contributed by atoms with E-state index in [4.69, 9.17) is 11.2 Å². The summed E-state index contributed by atoms with van der Waals surface area (Å²) in [5, 5.41) is 0. The van der Waals surface area contributed by atoms with E-state index < -0.39 is 8.77 Å². The van der Waals surface area contributed by atoms with Crippen molar-refractivity contribution < 1.29 is 8.76 Å². The minimum Gasteiger partial charge on any atom is -0.304 e. The summed E-state index contributed by atoms with van der Waals surface area (Å²) in [7, 11) is -1.19. The molecular formula is C14H22N2O2S2. The first-order valence-electron chi connectivity index (χ1n) is 6.85. The summed E-state index contributed by atoms with van der Waals surface area (Å²) in [5.41, 5.74) is 1.72. The quantitative estimate of drug-likeness (QED) is 0.909. The van der Waals surface area contributed by atoms with Gasteiger partial charge >= 0.3 is 0 Å². The average Bonchev–Trinajstić information content (AvgIpc) is 2.36. The molecule has 20 heavy (non-hydrogen) atoms. The molecule has 1 N–H and O–H groups in total. The molecule has 1 saturated heterocycles. The third kappa shape index (κ3) is 3.99. The van der Waals surface area contributed by atoms with E-state index in [0.29, 0.717) is 4.90 Å². The van der Waals surface area contributed by atoms with Gasteiger partial charge in [0, 0.05) is 43.9 Å². The Bertz CT molecular complexity index is 565. The van der Waals surface area contributed by atoms with Gasteiger partial charge in [0.15, 0.2) is 8.77 Å². The van der Waals surface area contributed by atoms with Gasteiger partial charge in [-0.15, -0.1) is 0 Å². The number of benzene rings is 1. The van der Waals surface area contributed by atoms with Crippen molar-refractivity contribution in [3.63, 3.8) is 0 Å². The molecule has 0 amide bonds. The lowest BCUT2D eigenvalue weighted by molar-refractivity contribution is 0.155. The van der Waals surface area contributed by atoms with Crippen LogP contribution in [0.5, 0.6) is 0 Å². The van der Waals surface area contributed by atoms with E-state index in [9.17, 15) is 8.76 Å². The molecule has 112 valence electrons. The molecule has 1 heterocycles. The average molecular weight is 314 g/mol. The fourth-order valence-electron chi connectivity index (χ4n) is 2.63. The molecule has 0 aromatic heterocycles. The Kier molecular flexibility index (Phi) is 5.14. The zero-order valence-corrected chi connectivity index (χ0v) is 13.7. The van der Waals surface area contributed by atoms with Crippen molar-refractivity contribution in [1.82, 2.24) is 9.80 Å². The maximum absolute atomic E-state index is 11.9. The van der Waals surface area contributed by atoms with Crippen LogP contribution in [0.2, 0.25) is 0 Å². The fraction of sp³-hybridized carbons (Fsp3) is 0.571. The SMILES string of the molecule is Cc1cccc(CCN2CCN(C)CC2)c1S(=O)(O)=S. The van der Waals surface area contributed by atoms with Crippen molar-refractivity contribution in [2.24, 2.45) is 0 Å². The Hall–Kier alpha value is -0.530. The third-order valence-electron chi connectivity index (χ3n) is 3.84. The van der Waals surface area contributed by atoms with Gasteiger partial charge in [-0.05, 0) is 31.5 Å². The van der Waals surface area contributed by atoms with Gasteiger partial charge in [0.2, 0.25) is 0 Å². The Morgan fingerprint density at radius 2 is 1.95 bits per heavy atom. The fourth-order valence-corrected chi connectivity index (χ4v) is 4.32. The van der Waals surface area contributed by atoms with Crippen molar-refractivity contribution in [3.05, 3.63) is 29.3 Å². The predicted octanol–water partition coefficient (Wildman–Crippen LogP) is 1.36. The third-order valence-corrected chi connectivity index (χ3v) is 5.44. The highest BCUT2D eigenvalue weighted by molar-refractivity contribution is 8.29. The van der Waals surface area contributed by atoms with Crippen LogP contribution >= 0.6 is 0 Å². The second kappa shape index (κ2) is 6.49. The predicted molar refractivity (Wildman–Crippen MR) is 85.2 cm³/mol. The smallest absolute Gasteiger partial charge is 0.171 e. The maximum Gasteiger partial charge on any atom is 0.171 e. The topological polar surface area (TPSA) is 43.8 Å². The summed E-state index contributed by atoms with van der Waals surface area (Å²) in [4.78, 5) is 5.16. The number of hydrogen-bond acceptors (Lipinski definition) is 4. The van der Waals surface area contributed by atoms with Crippen LogP contribution < -0.4 is 0 Å². The molecule has 1 fully saturated rings. The lowest BCUT2D eigenvalue weighted by Crippen LogP contribution is -2.45. The van der Waals surface area contributed by atoms with E-state index in [-0.39, 0.29) is 0 Å². The van der Waals surface area contributed by atoms with Gasteiger partial charge in [0.1, 0.15) is 0 Å². The van der Waals surface area contributed by atoms with E-state index >= 15 is 0 Å². The van der Waals surface area contributed by atoms with E-state index in [1.165, 1.54) is 0 Å². The molecule has 2 rings (SSSR count). The molecule has 4 nitrogen and oxygen atoms in total. The van der Waals surface area contributed by atoms with Crippen LogP contribution in [-0.4, -0.2) is 58.3 Å². The van der Waals surface area contributed by atoms with E-state index in [0.717, 1.165) is 50.3 Å². The largest absolute Gasteiger partial charge is 0.304 e. The van der Waals surface area contributed by atoms with Crippen LogP contribution in [0.15, 0.2) is 23.1 Å². The summed E-state index contributed by atoms with van der Waals surface area (Å²) < 4.78 is 21.6. The molecule has 1 aromatic carbocycles. The first-order chi connectivity index (χ1) is 9.38. The van der Waals surface area contributed by atoms with Crippen molar-refractivity contribution in [2.45, 2.75) is 18.2 Å². The van der Waals surface area contributed by atoms with Crippen molar-refractivity contribution in [1.29, 1.82) is 0 Å². The molecule has 0 spiro atoms. The normalized spacial score (nSPS) is 20.8. The van der Waals surface area contributed by atoms with Crippen molar-refractivity contribution >= 4 is 20.0 Å². The molecule has 6 heteroatoms. The lowest BCUT2D eigenvalue weighted by atomic mass is 10.1. The molecule has 0 saturated carbocycles. The van der Waals surface area contributed by atoms with Gasteiger partial charge in [-0.2, -0.15) is 0 Å². The zero-order valence-electron chi connectivity index (χ0n) is 12.0. The second-order valence-corrected chi connectivity index (χ2v) is 8.15. The summed E-state index contributed by atoms with van der Waals surface area (Å²) >= 11 is 4.78. The van der Waals surface area contributed by atoms with Gasteiger partial charge in [0.05, 0.1) is 4.90 Å². The van der Waals surface area contributed by atoms with E-state index in [2.05, 4.69) is 16.8 Å². The van der Waals surface area contributed by atoms with E-state index in [1.807, 2.05) is 25.1 Å². The van der Waals surface area contributed by atoms with Crippen LogP contribution in [0, 0.1) is 6.92 Å². The van der Waals surface area contributed by atoms with Crippen LogP contribution in [0.25, 0.3) is 0 Å². The molecule has 0 aliphatic carbocycles. The highest BCUT2D eigenvalue weighted by Gasteiger charge is 2.17. The molecular weight excluding hydrogens is 292 g/mol. The highest BCUT2D eigenvalue weighted by Crippen LogP contribution is 2.21. The Balaban J connectivity index is 2.08. The maximum atomic E-state index is 11.9. The van der Waals surface area contributed by atoms with Crippen LogP contribution in [0.4, 0.5) is 0 Å². The first-order valence-corrected chi connectivity index (χ1v) is 9.29. The number of rotatable bonds is 4. The molecule has 0 bridgehead atoms. The first kappa shape index (κ1) is 15.9. The minimum atomic E-state index is -3.32. The Morgan fingerprint density at radius 1 is 1.30 bits per heavy atom. The number of aryl methyl sites for hydroxylation is 1. The molecule has 1 aromatic rings. The lowest BCUT2D eigenvalue weighted by Gasteiger charge is -2.32. The number of piperazine rings is 1. The van der Waals surface area contributed by atoms with Gasteiger partial charge in [-0.25, -0.2) is 4.21 Å². The molecule has 1 atom stereocenters. The monoisotopic (exact) mass is 314 g/mol. The molecule has 0 radical (unpaired) electrons. The summed E-state index contributed by atoms with van der Waals surface area (Å²) in [6.45, 7) is 7.03. The van der Waals surface area contributed by atoms with Gasteiger partial charge in [-0.3, -0.25) is 0 Å². The van der Waals surface area contributed by atoms with Crippen LogP contribution in [-0.2, 0) is 26.4 Å². The number of likely N-dealkylation sites (N-methyl/N-ethyl adjacent to an activating group) is 1. The van der Waals surface area contributed by atoms with Gasteiger partial charge in [0.25, 0.3) is 0 Å². The van der Waals surface area contributed by atoms with Crippen LogP contribution in [0.3, 0.4) is 0 Å². The molecule has 1 aliphatic heterocycles. The molecule has 1 unspecified atom stereocenters. The van der Waals surface area contributed by atoms with Crippen molar-refractivity contribution in [2.75, 3.05) is 39.8 Å². The summed E-state index contributed by atoms with van der Waals surface area (Å²) in [6.07, 6.45) is 0.773. The Morgan fingerprint density at radius 3 is 2.55 bits per heavy atom. The van der Waals surface area contributed by atoms with Gasteiger partial charge in [-0.1, -0.05) is 18.2 Å². The second-order valence-electron chi connectivity index (χ2n) is 5.43. The van der Waals surface area contributed by atoms with Crippen LogP contribution in [0.1, 0.15) is 11.1 Å². The molecule has 1 aliphatic rings. The zero-order chi connectivity index (χ0) is 14.8. The summed E-state index contributed by atoms with van der Waals surface area (Å²) in [6, 6.07) is 5.69. The highest BCUT2D eigenvalue weighted by atomic mass is 32.8. The number of nitrogens with zero attached hydrogens (tertiary/aromatic N) is 2.